The number of fused-ring (bicyclic) bond motifs is 1. The molecule has 12 heavy (non-hydrogen) atoms. The van der Waals surface area contributed by atoms with Crippen LogP contribution in [0.25, 0.3) is 0 Å². The Morgan fingerprint density at radius 1 is 1.67 bits per heavy atom. The fraction of sp³-hybridized carbons (Fsp3) is 0.571. The van der Waals surface area contributed by atoms with E-state index in [0.717, 1.165) is 11.3 Å². The molecule has 2 heterocycles. The van der Waals surface area contributed by atoms with Crippen LogP contribution in [0.3, 0.4) is 0 Å². The van der Waals surface area contributed by atoms with E-state index in [0.29, 0.717) is 12.4 Å². The van der Waals surface area contributed by atoms with E-state index >= 15 is 0 Å². The van der Waals surface area contributed by atoms with Crippen LogP contribution in [-0.4, -0.2) is 20.5 Å². The smallest absolute Gasteiger partial charge is 0.123 e. The molecule has 1 aromatic rings. The van der Waals surface area contributed by atoms with Crippen molar-refractivity contribution in [3.05, 3.63) is 11.3 Å². The Balaban J connectivity index is 2.56. The lowest BCUT2D eigenvalue weighted by Gasteiger charge is -2.24. The van der Waals surface area contributed by atoms with Crippen molar-refractivity contribution in [1.29, 1.82) is 0 Å². The summed E-state index contributed by atoms with van der Waals surface area (Å²) in [6, 6.07) is 0. The summed E-state index contributed by atoms with van der Waals surface area (Å²) in [5, 5.41) is 17.5. The minimum absolute atomic E-state index is 0.427. The van der Waals surface area contributed by atoms with E-state index in [-0.39, 0.29) is 0 Å². The van der Waals surface area contributed by atoms with E-state index in [1.807, 2.05) is 13.8 Å². The van der Waals surface area contributed by atoms with Crippen molar-refractivity contribution in [2.45, 2.75) is 25.9 Å². The van der Waals surface area contributed by atoms with Crippen LogP contribution in [0.1, 0.15) is 25.1 Å². The summed E-state index contributed by atoms with van der Waals surface area (Å²) in [7, 11) is 0. The first-order valence-corrected chi connectivity index (χ1v) is 3.83. The SMILES string of the molecule is CC1(C)c2n[nH]c(N)c2CN1O. The van der Waals surface area contributed by atoms with Gasteiger partial charge in [0.15, 0.2) is 0 Å². The van der Waals surface area contributed by atoms with Crippen molar-refractivity contribution in [3.8, 4) is 0 Å². The Kier molecular flexibility index (Phi) is 1.26. The molecule has 0 bridgehead atoms. The molecule has 0 aliphatic carbocycles. The van der Waals surface area contributed by atoms with Crippen LogP contribution >= 0.6 is 0 Å². The Labute approximate surface area is 70.1 Å². The van der Waals surface area contributed by atoms with Gasteiger partial charge in [-0.25, -0.2) is 0 Å². The number of hydrogen-bond acceptors (Lipinski definition) is 4. The molecule has 0 radical (unpaired) electrons. The molecule has 0 aromatic carbocycles. The molecular weight excluding hydrogens is 156 g/mol. The summed E-state index contributed by atoms with van der Waals surface area (Å²) in [5.41, 5.74) is 6.93. The first-order valence-electron chi connectivity index (χ1n) is 3.83. The topological polar surface area (TPSA) is 78.2 Å². The van der Waals surface area contributed by atoms with Gasteiger partial charge in [-0.15, -0.1) is 0 Å². The zero-order valence-corrected chi connectivity index (χ0v) is 7.13. The van der Waals surface area contributed by atoms with E-state index in [1.54, 1.807) is 0 Å². The monoisotopic (exact) mass is 168 g/mol. The van der Waals surface area contributed by atoms with Gasteiger partial charge < -0.3 is 10.9 Å². The van der Waals surface area contributed by atoms with Gasteiger partial charge in [0.25, 0.3) is 0 Å². The number of rotatable bonds is 0. The number of nitrogens with zero attached hydrogens (tertiary/aromatic N) is 2. The van der Waals surface area contributed by atoms with Gasteiger partial charge >= 0.3 is 0 Å². The molecule has 0 saturated carbocycles. The van der Waals surface area contributed by atoms with Crippen LogP contribution in [0.5, 0.6) is 0 Å². The molecule has 1 aliphatic heterocycles. The second kappa shape index (κ2) is 1.99. The highest BCUT2D eigenvalue weighted by molar-refractivity contribution is 5.46. The largest absolute Gasteiger partial charge is 0.384 e. The van der Waals surface area contributed by atoms with Crippen molar-refractivity contribution >= 4 is 5.82 Å². The van der Waals surface area contributed by atoms with Crippen molar-refractivity contribution in [2.24, 2.45) is 0 Å². The lowest BCUT2D eigenvalue weighted by molar-refractivity contribution is -0.162. The summed E-state index contributed by atoms with van der Waals surface area (Å²) in [4.78, 5) is 0. The molecule has 1 aromatic heterocycles. The molecule has 0 fully saturated rings. The Hall–Kier alpha value is -1.07. The van der Waals surface area contributed by atoms with Crippen LogP contribution in [0.4, 0.5) is 5.82 Å². The minimum Gasteiger partial charge on any atom is -0.384 e. The van der Waals surface area contributed by atoms with Crippen molar-refractivity contribution in [1.82, 2.24) is 15.3 Å². The number of nitrogens with two attached hydrogens (primary N) is 1. The predicted molar refractivity (Wildman–Crippen MR) is 43.4 cm³/mol. The van der Waals surface area contributed by atoms with Crippen LogP contribution in [-0.2, 0) is 12.1 Å². The maximum atomic E-state index is 9.52. The highest BCUT2D eigenvalue weighted by atomic mass is 16.5. The first kappa shape index (κ1) is 7.57. The molecular formula is C7H12N4O. The lowest BCUT2D eigenvalue weighted by atomic mass is 10.0. The number of aromatic nitrogens is 2. The molecule has 5 heteroatoms. The van der Waals surface area contributed by atoms with Gasteiger partial charge in [0.05, 0.1) is 17.8 Å². The Bertz CT molecular complexity index is 317. The van der Waals surface area contributed by atoms with Crippen LogP contribution in [0.15, 0.2) is 0 Å². The third-order valence-electron chi connectivity index (χ3n) is 2.43. The Morgan fingerprint density at radius 2 is 2.33 bits per heavy atom. The van der Waals surface area contributed by atoms with Crippen molar-refractivity contribution in [2.75, 3.05) is 5.73 Å². The van der Waals surface area contributed by atoms with Gasteiger partial charge in [-0.3, -0.25) is 5.10 Å². The third kappa shape index (κ3) is 0.720. The number of nitrogens with one attached hydrogen (secondary N) is 1. The van der Waals surface area contributed by atoms with Gasteiger partial charge in [0, 0.05) is 5.56 Å². The predicted octanol–water partition coefficient (Wildman–Crippen LogP) is 0.432. The van der Waals surface area contributed by atoms with Gasteiger partial charge in [-0.05, 0) is 13.8 Å². The van der Waals surface area contributed by atoms with Gasteiger partial charge in [-0.1, -0.05) is 0 Å². The maximum Gasteiger partial charge on any atom is 0.123 e. The highest BCUT2D eigenvalue weighted by Crippen LogP contribution is 2.37. The number of nitrogen functional groups attached to an aromatic ring is 1. The molecule has 5 nitrogen and oxygen atoms in total. The minimum atomic E-state index is -0.427. The van der Waals surface area contributed by atoms with Gasteiger partial charge in [-0.2, -0.15) is 10.2 Å². The van der Waals surface area contributed by atoms with E-state index < -0.39 is 5.54 Å². The average Bonchev–Trinajstić information content (AvgIpc) is 2.41. The molecule has 0 unspecified atom stereocenters. The van der Waals surface area contributed by atoms with Crippen LogP contribution < -0.4 is 5.73 Å². The number of hydroxylamine groups is 2. The molecule has 0 amide bonds. The van der Waals surface area contributed by atoms with Crippen molar-refractivity contribution in [3.63, 3.8) is 0 Å². The molecule has 0 spiro atoms. The molecule has 2 rings (SSSR count). The zero-order valence-electron chi connectivity index (χ0n) is 7.13. The third-order valence-corrected chi connectivity index (χ3v) is 2.43. The number of anilines is 1. The van der Waals surface area contributed by atoms with E-state index in [4.69, 9.17) is 5.73 Å². The molecule has 4 N–H and O–H groups in total. The van der Waals surface area contributed by atoms with E-state index in [1.165, 1.54) is 5.06 Å². The van der Waals surface area contributed by atoms with Gasteiger partial charge in [0.2, 0.25) is 0 Å². The van der Waals surface area contributed by atoms with Crippen LogP contribution in [0, 0.1) is 0 Å². The normalized spacial score (nSPS) is 21.2. The summed E-state index contributed by atoms with van der Waals surface area (Å²) >= 11 is 0. The number of aromatic amines is 1. The summed E-state index contributed by atoms with van der Waals surface area (Å²) in [6.45, 7) is 4.25. The fourth-order valence-corrected chi connectivity index (χ4v) is 1.51. The highest BCUT2D eigenvalue weighted by Gasteiger charge is 2.40. The fourth-order valence-electron chi connectivity index (χ4n) is 1.51. The summed E-state index contributed by atoms with van der Waals surface area (Å²) in [6.07, 6.45) is 0. The second-order valence-electron chi connectivity index (χ2n) is 3.58. The molecule has 66 valence electrons. The average molecular weight is 168 g/mol. The lowest BCUT2D eigenvalue weighted by Crippen LogP contribution is -2.32. The van der Waals surface area contributed by atoms with Crippen LogP contribution in [0.2, 0.25) is 0 Å². The first-order chi connectivity index (χ1) is 5.53. The second-order valence-corrected chi connectivity index (χ2v) is 3.58. The van der Waals surface area contributed by atoms with Gasteiger partial charge in [0.1, 0.15) is 5.82 Å². The number of hydrogen-bond donors (Lipinski definition) is 3. The summed E-state index contributed by atoms with van der Waals surface area (Å²) < 4.78 is 0. The van der Waals surface area contributed by atoms with E-state index in [2.05, 4.69) is 10.2 Å². The Morgan fingerprint density at radius 3 is 2.92 bits per heavy atom. The summed E-state index contributed by atoms with van der Waals surface area (Å²) in [5.74, 6) is 0.551. The quantitative estimate of drug-likeness (QED) is 0.525. The van der Waals surface area contributed by atoms with E-state index in [9.17, 15) is 5.21 Å². The molecule has 0 atom stereocenters. The molecule has 0 saturated heterocycles. The maximum absolute atomic E-state index is 9.52. The van der Waals surface area contributed by atoms with Crippen molar-refractivity contribution < 1.29 is 5.21 Å². The molecule has 1 aliphatic rings. The number of H-pyrrole nitrogens is 1. The zero-order chi connectivity index (χ0) is 8.93. The standard InChI is InChI=1S/C7H12N4O/c1-7(2)5-4(3-11(7)12)6(8)10-9-5/h12H,3H2,1-2H3,(H3,8,9,10).